The Morgan fingerprint density at radius 3 is 2.96 bits per heavy atom. The number of carbonyl (C=O) groups excluding carboxylic acids is 1. The monoisotopic (exact) mass is 333 g/mol. The SMILES string of the molecule is COc1ccccc1CCC(=O)N1CCOC[C@@H]1[C@@H]1CCC[C@@H]1O. The van der Waals surface area contributed by atoms with E-state index in [0.717, 1.165) is 30.6 Å². The molecule has 2 aliphatic rings. The third-order valence-electron chi connectivity index (χ3n) is 5.31. The average Bonchev–Trinajstić information content (AvgIpc) is 3.05. The molecular weight excluding hydrogens is 306 g/mol. The van der Waals surface area contributed by atoms with Gasteiger partial charge in [-0.1, -0.05) is 24.6 Å². The normalized spacial score (nSPS) is 27.2. The van der Waals surface area contributed by atoms with Crippen molar-refractivity contribution in [2.75, 3.05) is 26.9 Å². The zero-order valence-corrected chi connectivity index (χ0v) is 14.3. The minimum absolute atomic E-state index is 0.0152. The highest BCUT2D eigenvalue weighted by Crippen LogP contribution is 2.32. The Morgan fingerprint density at radius 1 is 1.38 bits per heavy atom. The molecule has 5 nitrogen and oxygen atoms in total. The van der Waals surface area contributed by atoms with Gasteiger partial charge in [-0.15, -0.1) is 0 Å². The zero-order chi connectivity index (χ0) is 16.9. The Morgan fingerprint density at radius 2 is 2.21 bits per heavy atom. The molecule has 0 aromatic heterocycles. The molecule has 3 atom stereocenters. The van der Waals surface area contributed by atoms with Gasteiger partial charge < -0.3 is 19.5 Å². The van der Waals surface area contributed by atoms with Gasteiger partial charge in [0.15, 0.2) is 0 Å². The molecule has 0 unspecified atom stereocenters. The number of para-hydroxylation sites is 1. The van der Waals surface area contributed by atoms with Crippen LogP contribution in [0.25, 0.3) is 0 Å². The third-order valence-corrected chi connectivity index (χ3v) is 5.31. The van der Waals surface area contributed by atoms with Crippen molar-refractivity contribution in [2.45, 2.75) is 44.2 Å². The highest BCUT2D eigenvalue weighted by Gasteiger charge is 2.39. The van der Waals surface area contributed by atoms with Crippen molar-refractivity contribution in [3.05, 3.63) is 29.8 Å². The van der Waals surface area contributed by atoms with Crippen LogP contribution < -0.4 is 4.74 Å². The van der Waals surface area contributed by atoms with Crippen molar-refractivity contribution in [3.8, 4) is 5.75 Å². The molecule has 0 spiro atoms. The van der Waals surface area contributed by atoms with E-state index >= 15 is 0 Å². The van der Waals surface area contributed by atoms with Gasteiger partial charge in [0.05, 0.1) is 32.5 Å². The van der Waals surface area contributed by atoms with Gasteiger partial charge in [-0.25, -0.2) is 0 Å². The Bertz CT molecular complexity index is 562. The van der Waals surface area contributed by atoms with Gasteiger partial charge in [-0.2, -0.15) is 0 Å². The smallest absolute Gasteiger partial charge is 0.223 e. The second kappa shape index (κ2) is 7.99. The van der Waals surface area contributed by atoms with Crippen molar-refractivity contribution in [1.29, 1.82) is 0 Å². The number of ether oxygens (including phenoxy) is 2. The van der Waals surface area contributed by atoms with Crippen molar-refractivity contribution in [3.63, 3.8) is 0 Å². The number of amides is 1. The number of methoxy groups -OCH3 is 1. The number of aryl methyl sites for hydroxylation is 1. The third kappa shape index (κ3) is 3.73. The second-order valence-electron chi connectivity index (χ2n) is 6.70. The van der Waals surface area contributed by atoms with Gasteiger partial charge in [-0.05, 0) is 30.9 Å². The van der Waals surface area contributed by atoms with Crippen molar-refractivity contribution in [1.82, 2.24) is 4.90 Å². The fraction of sp³-hybridized carbons (Fsp3) is 0.632. The molecule has 2 fully saturated rings. The molecule has 1 N–H and O–H groups in total. The number of rotatable bonds is 5. The van der Waals surface area contributed by atoms with Crippen LogP contribution >= 0.6 is 0 Å². The number of aliphatic hydroxyl groups excluding tert-OH is 1. The fourth-order valence-electron chi connectivity index (χ4n) is 4.00. The summed E-state index contributed by atoms with van der Waals surface area (Å²) >= 11 is 0. The first kappa shape index (κ1) is 17.2. The average molecular weight is 333 g/mol. The van der Waals surface area contributed by atoms with Crippen molar-refractivity contribution < 1.29 is 19.4 Å². The molecule has 0 radical (unpaired) electrons. The Hall–Kier alpha value is -1.59. The standard InChI is InChI=1S/C19H27NO4/c1-23-18-8-3-2-5-14(18)9-10-19(22)20-11-12-24-13-16(20)15-6-4-7-17(15)21/h2-3,5,8,15-17,21H,4,6-7,9-13H2,1H3/t15-,16+,17-/m0/s1. The van der Waals surface area contributed by atoms with Crippen LogP contribution in [0.2, 0.25) is 0 Å². The second-order valence-corrected chi connectivity index (χ2v) is 6.70. The summed E-state index contributed by atoms with van der Waals surface area (Å²) in [7, 11) is 1.65. The summed E-state index contributed by atoms with van der Waals surface area (Å²) in [5.41, 5.74) is 1.05. The van der Waals surface area contributed by atoms with Crippen LogP contribution in [0, 0.1) is 5.92 Å². The summed E-state index contributed by atoms with van der Waals surface area (Å²) in [4.78, 5) is 14.7. The Kier molecular flexibility index (Phi) is 5.74. The number of benzene rings is 1. The van der Waals surface area contributed by atoms with E-state index in [2.05, 4.69) is 0 Å². The predicted molar refractivity (Wildman–Crippen MR) is 91.0 cm³/mol. The summed E-state index contributed by atoms with van der Waals surface area (Å²) in [6.45, 7) is 1.75. The van der Waals surface area contributed by atoms with E-state index in [1.807, 2.05) is 29.2 Å². The molecule has 0 bridgehead atoms. The molecular formula is C19H27NO4. The molecule has 1 aliphatic heterocycles. The zero-order valence-electron chi connectivity index (χ0n) is 14.3. The van der Waals surface area contributed by atoms with Crippen molar-refractivity contribution in [2.24, 2.45) is 5.92 Å². The van der Waals surface area contributed by atoms with E-state index in [9.17, 15) is 9.90 Å². The van der Waals surface area contributed by atoms with E-state index in [0.29, 0.717) is 32.6 Å². The first-order valence-electron chi connectivity index (χ1n) is 8.88. The van der Waals surface area contributed by atoms with Crippen LogP contribution in [0.15, 0.2) is 24.3 Å². The maximum atomic E-state index is 12.8. The van der Waals surface area contributed by atoms with E-state index in [-0.39, 0.29) is 24.0 Å². The van der Waals surface area contributed by atoms with Crippen molar-refractivity contribution >= 4 is 5.91 Å². The summed E-state index contributed by atoms with van der Waals surface area (Å²) in [5, 5.41) is 10.2. The lowest BCUT2D eigenvalue weighted by Gasteiger charge is -2.40. The minimum Gasteiger partial charge on any atom is -0.496 e. The first-order valence-corrected chi connectivity index (χ1v) is 8.88. The van der Waals surface area contributed by atoms with E-state index < -0.39 is 0 Å². The molecule has 1 saturated carbocycles. The fourth-order valence-corrected chi connectivity index (χ4v) is 4.00. The Labute approximate surface area is 143 Å². The molecule has 1 saturated heterocycles. The van der Waals surface area contributed by atoms with Crippen LogP contribution in [-0.4, -0.2) is 54.9 Å². The van der Waals surface area contributed by atoms with Gasteiger partial charge in [0.25, 0.3) is 0 Å². The van der Waals surface area contributed by atoms with Crippen LogP contribution in [0.4, 0.5) is 0 Å². The quantitative estimate of drug-likeness (QED) is 0.895. The number of hydrogen-bond donors (Lipinski definition) is 1. The lowest BCUT2D eigenvalue weighted by molar-refractivity contribution is -0.143. The molecule has 24 heavy (non-hydrogen) atoms. The summed E-state index contributed by atoms with van der Waals surface area (Å²) in [5.74, 6) is 1.13. The molecule has 1 amide bonds. The van der Waals surface area contributed by atoms with Crippen LogP contribution in [0.3, 0.4) is 0 Å². The molecule has 1 aromatic carbocycles. The Balaban J connectivity index is 1.64. The van der Waals surface area contributed by atoms with Gasteiger partial charge in [0.1, 0.15) is 5.75 Å². The molecule has 3 rings (SSSR count). The maximum absolute atomic E-state index is 12.8. The number of morpholine rings is 1. The van der Waals surface area contributed by atoms with Crippen LogP contribution in [-0.2, 0) is 16.0 Å². The highest BCUT2D eigenvalue weighted by molar-refractivity contribution is 5.77. The lowest BCUT2D eigenvalue weighted by Crippen LogP contribution is -2.53. The predicted octanol–water partition coefficient (Wildman–Crippen LogP) is 2.02. The number of aliphatic hydroxyl groups is 1. The van der Waals surface area contributed by atoms with Crippen LogP contribution in [0.1, 0.15) is 31.2 Å². The number of hydrogen-bond acceptors (Lipinski definition) is 4. The van der Waals surface area contributed by atoms with Crippen LogP contribution in [0.5, 0.6) is 5.75 Å². The van der Waals surface area contributed by atoms with E-state index in [1.54, 1.807) is 7.11 Å². The molecule has 5 heteroatoms. The lowest BCUT2D eigenvalue weighted by atomic mass is 9.93. The summed E-state index contributed by atoms with van der Waals surface area (Å²) < 4.78 is 11.0. The number of nitrogens with zero attached hydrogens (tertiary/aromatic N) is 1. The summed E-state index contributed by atoms with van der Waals surface area (Å²) in [6, 6.07) is 7.84. The maximum Gasteiger partial charge on any atom is 0.223 e. The van der Waals surface area contributed by atoms with Gasteiger partial charge in [0.2, 0.25) is 5.91 Å². The minimum atomic E-state index is -0.304. The topological polar surface area (TPSA) is 59.0 Å². The van der Waals surface area contributed by atoms with Gasteiger partial charge in [-0.3, -0.25) is 4.79 Å². The largest absolute Gasteiger partial charge is 0.496 e. The highest BCUT2D eigenvalue weighted by atomic mass is 16.5. The number of carbonyl (C=O) groups is 1. The molecule has 1 heterocycles. The van der Waals surface area contributed by atoms with E-state index in [4.69, 9.17) is 9.47 Å². The first-order chi connectivity index (χ1) is 11.7. The molecule has 132 valence electrons. The van der Waals surface area contributed by atoms with E-state index in [1.165, 1.54) is 0 Å². The summed E-state index contributed by atoms with van der Waals surface area (Å²) in [6.07, 6.45) is 3.67. The van der Waals surface area contributed by atoms with Gasteiger partial charge >= 0.3 is 0 Å². The molecule has 1 aliphatic carbocycles. The van der Waals surface area contributed by atoms with Gasteiger partial charge in [0, 0.05) is 18.9 Å². The molecule has 1 aromatic rings.